The van der Waals surface area contributed by atoms with Gasteiger partial charge in [-0.1, -0.05) is 44.2 Å². The first-order valence-corrected chi connectivity index (χ1v) is 6.68. The van der Waals surface area contributed by atoms with Gasteiger partial charge in [0.15, 0.2) is 0 Å². The Balaban J connectivity index is 2.25. The molecule has 0 radical (unpaired) electrons. The van der Waals surface area contributed by atoms with E-state index in [1.165, 1.54) is 0 Å². The molecule has 19 heavy (non-hydrogen) atoms. The lowest BCUT2D eigenvalue weighted by atomic mass is 10.0. The molecule has 2 atom stereocenters. The van der Waals surface area contributed by atoms with Crippen LogP contribution in [0.2, 0.25) is 0 Å². The third kappa shape index (κ3) is 5.85. The molecule has 0 aliphatic carbocycles. The number of carbonyl (C=O) groups excluding carboxylic acids is 1. The van der Waals surface area contributed by atoms with Gasteiger partial charge in [0, 0.05) is 6.54 Å². The molecule has 106 valence electrons. The van der Waals surface area contributed by atoms with Gasteiger partial charge in [0.1, 0.15) is 0 Å². The third-order valence-electron chi connectivity index (χ3n) is 3.09. The predicted octanol–water partition coefficient (Wildman–Crippen LogP) is 1.63. The number of hydrogen-bond donors (Lipinski definition) is 3. The zero-order valence-corrected chi connectivity index (χ0v) is 11.5. The summed E-state index contributed by atoms with van der Waals surface area (Å²) in [4.78, 5) is 11.5. The van der Waals surface area contributed by atoms with Gasteiger partial charge in [-0.3, -0.25) is 4.79 Å². The van der Waals surface area contributed by atoms with E-state index in [1.807, 2.05) is 44.2 Å². The Hall–Kier alpha value is -1.39. The number of benzene rings is 1. The summed E-state index contributed by atoms with van der Waals surface area (Å²) >= 11 is 0. The average molecular weight is 265 g/mol. The molecule has 4 heteroatoms. The molecule has 1 aromatic rings. The van der Waals surface area contributed by atoms with Gasteiger partial charge in [-0.25, -0.2) is 0 Å². The minimum absolute atomic E-state index is 0.0701. The Bertz CT molecular complexity index is 378. The fourth-order valence-corrected chi connectivity index (χ4v) is 1.69. The van der Waals surface area contributed by atoms with Crippen molar-refractivity contribution in [3.63, 3.8) is 0 Å². The fourth-order valence-electron chi connectivity index (χ4n) is 1.69. The minimum Gasteiger partial charge on any atom is -0.392 e. The zero-order valence-electron chi connectivity index (χ0n) is 11.5. The van der Waals surface area contributed by atoms with Gasteiger partial charge in [0.2, 0.25) is 5.91 Å². The van der Waals surface area contributed by atoms with Gasteiger partial charge in [-0.15, -0.1) is 0 Å². The molecule has 1 aromatic carbocycles. The summed E-state index contributed by atoms with van der Waals surface area (Å²) in [5.74, 6) is -0.109. The van der Waals surface area contributed by atoms with Gasteiger partial charge in [-0.2, -0.15) is 0 Å². The minimum atomic E-state index is -0.612. The van der Waals surface area contributed by atoms with E-state index in [9.17, 15) is 15.0 Å². The molecule has 0 spiro atoms. The van der Waals surface area contributed by atoms with Crippen molar-refractivity contribution in [2.75, 3.05) is 6.54 Å². The highest BCUT2D eigenvalue weighted by molar-refractivity contribution is 5.76. The highest BCUT2D eigenvalue weighted by atomic mass is 16.3. The van der Waals surface area contributed by atoms with Gasteiger partial charge < -0.3 is 15.5 Å². The van der Waals surface area contributed by atoms with E-state index in [2.05, 4.69) is 5.32 Å². The molecule has 0 aliphatic rings. The fraction of sp³-hybridized carbons (Fsp3) is 0.533. The molecule has 0 heterocycles. The largest absolute Gasteiger partial charge is 0.392 e. The molecule has 0 fully saturated rings. The monoisotopic (exact) mass is 265 g/mol. The molecule has 1 amide bonds. The summed E-state index contributed by atoms with van der Waals surface area (Å²) in [6, 6.07) is 9.35. The lowest BCUT2D eigenvalue weighted by Gasteiger charge is -2.15. The van der Waals surface area contributed by atoms with Crippen molar-refractivity contribution >= 4 is 5.91 Å². The standard InChI is InChI=1S/C15H23NO3/c1-11(2)14(18)10-15(19)16-9-8-13(17)12-6-4-3-5-7-12/h3-7,11,13-14,17-18H,8-10H2,1-2H3,(H,16,19). The first kappa shape index (κ1) is 15.7. The highest BCUT2D eigenvalue weighted by Crippen LogP contribution is 2.14. The van der Waals surface area contributed by atoms with E-state index >= 15 is 0 Å². The van der Waals surface area contributed by atoms with Crippen LogP contribution < -0.4 is 5.32 Å². The lowest BCUT2D eigenvalue weighted by Crippen LogP contribution is -2.30. The number of hydrogen-bond acceptors (Lipinski definition) is 3. The van der Waals surface area contributed by atoms with Crippen LogP contribution in [0.15, 0.2) is 30.3 Å². The second-order valence-electron chi connectivity index (χ2n) is 5.08. The van der Waals surface area contributed by atoms with Crippen LogP contribution in [0.4, 0.5) is 0 Å². The highest BCUT2D eigenvalue weighted by Gasteiger charge is 2.14. The predicted molar refractivity (Wildman–Crippen MR) is 74.5 cm³/mol. The first-order chi connectivity index (χ1) is 9.00. The second kappa shape index (κ2) is 7.92. The van der Waals surface area contributed by atoms with Crippen LogP contribution in [-0.4, -0.2) is 28.8 Å². The van der Waals surface area contributed by atoms with Crippen molar-refractivity contribution in [2.45, 2.75) is 38.9 Å². The van der Waals surface area contributed by atoms with Crippen molar-refractivity contribution in [2.24, 2.45) is 5.92 Å². The van der Waals surface area contributed by atoms with E-state index in [0.717, 1.165) is 5.56 Å². The van der Waals surface area contributed by atoms with E-state index in [4.69, 9.17) is 0 Å². The summed E-state index contributed by atoms with van der Waals surface area (Å²) in [7, 11) is 0. The van der Waals surface area contributed by atoms with E-state index in [1.54, 1.807) is 0 Å². The van der Waals surface area contributed by atoms with Gasteiger partial charge in [0.05, 0.1) is 18.6 Å². The van der Waals surface area contributed by atoms with Crippen LogP contribution in [0.25, 0.3) is 0 Å². The van der Waals surface area contributed by atoms with Crippen molar-refractivity contribution in [1.82, 2.24) is 5.32 Å². The number of rotatable bonds is 7. The van der Waals surface area contributed by atoms with Gasteiger partial charge >= 0.3 is 0 Å². The summed E-state index contributed by atoms with van der Waals surface area (Å²) < 4.78 is 0. The molecular formula is C15H23NO3. The topological polar surface area (TPSA) is 69.6 Å². The zero-order chi connectivity index (χ0) is 14.3. The van der Waals surface area contributed by atoms with E-state index in [-0.39, 0.29) is 18.2 Å². The molecule has 2 unspecified atom stereocenters. The maximum Gasteiger partial charge on any atom is 0.222 e. The van der Waals surface area contributed by atoms with Crippen LogP contribution >= 0.6 is 0 Å². The Labute approximate surface area is 114 Å². The summed E-state index contributed by atoms with van der Waals surface area (Å²) in [5, 5.41) is 22.2. The lowest BCUT2D eigenvalue weighted by molar-refractivity contribution is -0.123. The molecule has 3 N–H and O–H groups in total. The smallest absolute Gasteiger partial charge is 0.222 e. The number of aliphatic hydroxyl groups excluding tert-OH is 2. The number of carbonyl (C=O) groups is 1. The number of aliphatic hydroxyl groups is 2. The van der Waals surface area contributed by atoms with Crippen LogP contribution in [0.3, 0.4) is 0 Å². The third-order valence-corrected chi connectivity index (χ3v) is 3.09. The van der Waals surface area contributed by atoms with Crippen molar-refractivity contribution in [1.29, 1.82) is 0 Å². The van der Waals surface area contributed by atoms with Crippen LogP contribution in [0, 0.1) is 5.92 Å². The van der Waals surface area contributed by atoms with Gasteiger partial charge in [-0.05, 0) is 17.9 Å². The molecule has 0 bridgehead atoms. The quantitative estimate of drug-likeness (QED) is 0.702. The average Bonchev–Trinajstić information content (AvgIpc) is 2.39. The SMILES string of the molecule is CC(C)C(O)CC(=O)NCCC(O)c1ccccc1. The van der Waals surface area contributed by atoms with Gasteiger partial charge in [0.25, 0.3) is 0 Å². The molecule has 0 aliphatic heterocycles. The maximum absolute atomic E-state index is 11.5. The molecule has 4 nitrogen and oxygen atoms in total. The normalized spacial score (nSPS) is 14.2. The molecule has 0 aromatic heterocycles. The van der Waals surface area contributed by atoms with Crippen LogP contribution in [-0.2, 0) is 4.79 Å². The second-order valence-corrected chi connectivity index (χ2v) is 5.08. The summed E-state index contributed by atoms with van der Waals surface area (Å²) in [5.41, 5.74) is 0.846. The molecule has 0 saturated carbocycles. The molecule has 0 saturated heterocycles. The number of amides is 1. The Morgan fingerprint density at radius 2 is 1.84 bits per heavy atom. The number of nitrogens with one attached hydrogen (secondary N) is 1. The van der Waals surface area contributed by atoms with E-state index in [0.29, 0.717) is 13.0 Å². The Morgan fingerprint density at radius 3 is 2.42 bits per heavy atom. The van der Waals surface area contributed by atoms with Crippen molar-refractivity contribution in [3.05, 3.63) is 35.9 Å². The van der Waals surface area contributed by atoms with E-state index < -0.39 is 12.2 Å². The Morgan fingerprint density at radius 1 is 1.21 bits per heavy atom. The summed E-state index contributed by atoms with van der Waals surface area (Å²) in [6.07, 6.45) is -0.609. The first-order valence-electron chi connectivity index (χ1n) is 6.68. The van der Waals surface area contributed by atoms with Crippen LogP contribution in [0.5, 0.6) is 0 Å². The summed E-state index contributed by atoms with van der Waals surface area (Å²) in [6.45, 7) is 4.15. The van der Waals surface area contributed by atoms with Crippen molar-refractivity contribution in [3.8, 4) is 0 Å². The van der Waals surface area contributed by atoms with Crippen LogP contribution in [0.1, 0.15) is 38.4 Å². The maximum atomic E-state index is 11.5. The molecule has 1 rings (SSSR count). The molecular weight excluding hydrogens is 242 g/mol. The van der Waals surface area contributed by atoms with Crippen molar-refractivity contribution < 1.29 is 15.0 Å². The Kier molecular flexibility index (Phi) is 6.53.